The minimum Gasteiger partial charge on any atom is -0.489 e. The fourth-order valence-electron chi connectivity index (χ4n) is 5.00. The van der Waals surface area contributed by atoms with Gasteiger partial charge in [0.1, 0.15) is 23.2 Å². The number of hydrogen-bond donors (Lipinski definition) is 1. The van der Waals surface area contributed by atoms with Crippen molar-refractivity contribution < 1.29 is 27.4 Å². The van der Waals surface area contributed by atoms with E-state index >= 15 is 8.78 Å². The number of hydrazine groups is 1. The molecule has 0 atom stereocenters. The summed E-state index contributed by atoms with van der Waals surface area (Å²) in [5, 5.41) is 0.772. The van der Waals surface area contributed by atoms with Gasteiger partial charge in [-0.3, -0.25) is 20.2 Å². The standard InChI is InChI=1S/C28H21Cl2F3N4O3/c29-18-13-16(24(32)23(30)25(18)33)22-19(31)6-5-15-26(22)34-14-17(27(15)36-7-10-39-11-8-36)28(38)35-37-9-12-40-21-4-2-1-3-20(21)37/h1-6,13-14H,7-12H2,(H,35,38). The van der Waals surface area contributed by atoms with Crippen LogP contribution in [0, 0.1) is 17.5 Å². The van der Waals surface area contributed by atoms with Gasteiger partial charge < -0.3 is 14.4 Å². The lowest BCUT2D eigenvalue weighted by molar-refractivity contribution is 0.0943. The van der Waals surface area contributed by atoms with E-state index in [9.17, 15) is 9.18 Å². The van der Waals surface area contributed by atoms with Gasteiger partial charge in [0, 0.05) is 35.8 Å². The number of rotatable bonds is 4. The van der Waals surface area contributed by atoms with Crippen molar-refractivity contribution in [1.82, 2.24) is 10.4 Å². The second-order valence-electron chi connectivity index (χ2n) is 9.20. The fourth-order valence-corrected chi connectivity index (χ4v) is 5.46. The van der Waals surface area contributed by atoms with Crippen LogP contribution >= 0.6 is 23.2 Å². The van der Waals surface area contributed by atoms with E-state index in [0.29, 0.717) is 62.0 Å². The van der Waals surface area contributed by atoms with Gasteiger partial charge in [0.25, 0.3) is 5.91 Å². The van der Waals surface area contributed by atoms with Gasteiger partial charge in [-0.05, 0) is 30.3 Å². The van der Waals surface area contributed by atoms with Crippen LogP contribution in [0.1, 0.15) is 10.4 Å². The van der Waals surface area contributed by atoms with Crippen LogP contribution in [0.3, 0.4) is 0 Å². The predicted molar refractivity (Wildman–Crippen MR) is 147 cm³/mol. The molecule has 7 nitrogen and oxygen atoms in total. The first kappa shape index (κ1) is 26.5. The van der Waals surface area contributed by atoms with Crippen molar-refractivity contribution in [3.63, 3.8) is 0 Å². The molecule has 40 heavy (non-hydrogen) atoms. The molecule has 0 bridgehead atoms. The van der Waals surface area contributed by atoms with Crippen LogP contribution in [0.15, 0.2) is 48.7 Å². The summed E-state index contributed by atoms with van der Waals surface area (Å²) in [5.41, 5.74) is 3.81. The Balaban J connectivity index is 1.51. The maximum Gasteiger partial charge on any atom is 0.273 e. The molecule has 12 heteroatoms. The first-order valence-electron chi connectivity index (χ1n) is 12.4. The molecule has 0 radical (unpaired) electrons. The average Bonchev–Trinajstić information content (AvgIpc) is 2.98. The SMILES string of the molecule is O=C(NN1CCOc2ccccc21)c1cnc2c(-c3cc(Cl)c(F)c(Cl)c3F)c(F)ccc2c1N1CCOCC1. The Labute approximate surface area is 237 Å². The molecule has 206 valence electrons. The highest BCUT2D eigenvalue weighted by molar-refractivity contribution is 6.35. The van der Waals surface area contributed by atoms with E-state index in [-0.39, 0.29) is 22.2 Å². The van der Waals surface area contributed by atoms with E-state index in [1.807, 2.05) is 29.2 Å². The monoisotopic (exact) mass is 588 g/mol. The highest BCUT2D eigenvalue weighted by Gasteiger charge is 2.28. The number of ether oxygens (including phenoxy) is 2. The topological polar surface area (TPSA) is 66.9 Å². The molecule has 3 heterocycles. The second kappa shape index (κ2) is 10.7. The molecular formula is C28H21Cl2F3N4O3. The number of nitrogens with one attached hydrogen (secondary N) is 1. The summed E-state index contributed by atoms with van der Waals surface area (Å²) in [4.78, 5) is 20.1. The lowest BCUT2D eigenvalue weighted by Crippen LogP contribution is -2.47. The van der Waals surface area contributed by atoms with Gasteiger partial charge in [-0.25, -0.2) is 13.2 Å². The Bertz CT molecular complexity index is 1650. The zero-order chi connectivity index (χ0) is 28.0. The third-order valence-electron chi connectivity index (χ3n) is 6.87. The molecule has 0 unspecified atom stereocenters. The van der Waals surface area contributed by atoms with Crippen molar-refractivity contribution in [3.8, 4) is 16.9 Å². The minimum absolute atomic E-state index is 0.0624. The van der Waals surface area contributed by atoms with Crippen molar-refractivity contribution in [2.45, 2.75) is 0 Å². The van der Waals surface area contributed by atoms with Gasteiger partial charge in [0.15, 0.2) is 11.6 Å². The number of morpholine rings is 1. The zero-order valence-corrected chi connectivity index (χ0v) is 22.3. The van der Waals surface area contributed by atoms with Crippen LogP contribution in [0.5, 0.6) is 5.75 Å². The Morgan fingerprint density at radius 1 is 0.975 bits per heavy atom. The molecule has 0 spiro atoms. The molecule has 3 aromatic carbocycles. The maximum absolute atomic E-state index is 15.3. The van der Waals surface area contributed by atoms with Gasteiger partial charge in [-0.1, -0.05) is 35.3 Å². The largest absolute Gasteiger partial charge is 0.489 e. The van der Waals surface area contributed by atoms with Crippen molar-refractivity contribution in [3.05, 3.63) is 81.7 Å². The number of carbonyl (C=O) groups is 1. The van der Waals surface area contributed by atoms with Crippen LogP contribution in [0.2, 0.25) is 10.0 Å². The van der Waals surface area contributed by atoms with Crippen LogP contribution in [-0.4, -0.2) is 50.3 Å². The van der Waals surface area contributed by atoms with Crippen LogP contribution in [-0.2, 0) is 4.74 Å². The molecule has 2 aliphatic rings. The van der Waals surface area contributed by atoms with E-state index in [1.165, 1.54) is 12.3 Å². The Kier molecular flexibility index (Phi) is 7.07. The molecule has 1 saturated heterocycles. The van der Waals surface area contributed by atoms with Crippen molar-refractivity contribution in [1.29, 1.82) is 0 Å². The van der Waals surface area contributed by atoms with E-state index < -0.39 is 33.4 Å². The third-order valence-corrected chi connectivity index (χ3v) is 7.48. The Morgan fingerprint density at radius 3 is 2.55 bits per heavy atom. The number of anilines is 2. The number of nitrogens with zero attached hydrogens (tertiary/aromatic N) is 3. The first-order valence-corrected chi connectivity index (χ1v) is 13.2. The van der Waals surface area contributed by atoms with Gasteiger partial charge in [0.2, 0.25) is 0 Å². The minimum atomic E-state index is -1.17. The summed E-state index contributed by atoms with van der Waals surface area (Å²) >= 11 is 11.8. The van der Waals surface area contributed by atoms with Gasteiger partial charge in [-0.2, -0.15) is 0 Å². The van der Waals surface area contributed by atoms with Crippen molar-refractivity contribution >= 4 is 51.4 Å². The number of benzene rings is 3. The van der Waals surface area contributed by atoms with Crippen molar-refractivity contribution in [2.75, 3.05) is 49.4 Å². The van der Waals surface area contributed by atoms with E-state index in [1.54, 1.807) is 5.01 Å². The second-order valence-corrected chi connectivity index (χ2v) is 9.98. The number of carbonyl (C=O) groups excluding carboxylic acids is 1. The number of amides is 1. The number of halogens is 5. The number of hydrogen-bond acceptors (Lipinski definition) is 6. The molecule has 1 amide bonds. The van der Waals surface area contributed by atoms with Gasteiger partial charge in [-0.15, -0.1) is 0 Å². The number of para-hydroxylation sites is 2. The summed E-state index contributed by atoms with van der Waals surface area (Å²) in [7, 11) is 0. The summed E-state index contributed by atoms with van der Waals surface area (Å²) in [6, 6.07) is 10.9. The van der Waals surface area contributed by atoms with E-state index in [4.69, 9.17) is 32.7 Å². The molecule has 2 aliphatic heterocycles. The van der Waals surface area contributed by atoms with Crippen LogP contribution in [0.25, 0.3) is 22.0 Å². The van der Waals surface area contributed by atoms with Crippen LogP contribution in [0.4, 0.5) is 24.5 Å². The van der Waals surface area contributed by atoms with E-state index in [2.05, 4.69) is 10.4 Å². The molecule has 6 rings (SSSR count). The lowest BCUT2D eigenvalue weighted by atomic mass is 9.98. The molecule has 0 aliphatic carbocycles. The summed E-state index contributed by atoms with van der Waals surface area (Å²) in [6.45, 7) is 2.52. The van der Waals surface area contributed by atoms with Gasteiger partial charge in [0.05, 0.1) is 47.2 Å². The molecule has 1 aromatic heterocycles. The van der Waals surface area contributed by atoms with Crippen LogP contribution < -0.4 is 20.1 Å². The predicted octanol–water partition coefficient (Wildman–Crippen LogP) is 6.01. The zero-order valence-electron chi connectivity index (χ0n) is 20.8. The highest BCUT2D eigenvalue weighted by Crippen LogP contribution is 2.41. The van der Waals surface area contributed by atoms with Gasteiger partial charge >= 0.3 is 0 Å². The fraction of sp³-hybridized carbons (Fsp3) is 0.214. The summed E-state index contributed by atoms with van der Waals surface area (Å²) < 4.78 is 55.8. The number of pyridine rings is 1. The average molecular weight is 589 g/mol. The van der Waals surface area contributed by atoms with E-state index in [0.717, 1.165) is 12.1 Å². The quantitative estimate of drug-likeness (QED) is 0.233. The third kappa shape index (κ3) is 4.55. The van der Waals surface area contributed by atoms with Crippen molar-refractivity contribution in [2.24, 2.45) is 0 Å². The smallest absolute Gasteiger partial charge is 0.273 e. The Morgan fingerprint density at radius 2 is 1.75 bits per heavy atom. The molecule has 1 N–H and O–H groups in total. The normalized spacial score (nSPS) is 15.1. The molecule has 4 aromatic rings. The first-order chi connectivity index (χ1) is 19.3. The lowest BCUT2D eigenvalue weighted by Gasteiger charge is -2.33. The number of fused-ring (bicyclic) bond motifs is 2. The molecule has 0 saturated carbocycles. The Hall–Kier alpha value is -3.73. The number of aromatic nitrogens is 1. The highest BCUT2D eigenvalue weighted by atomic mass is 35.5. The maximum atomic E-state index is 15.3. The molecular weight excluding hydrogens is 568 g/mol. The molecule has 1 fully saturated rings. The summed E-state index contributed by atoms with van der Waals surface area (Å²) in [6.07, 6.45) is 1.32. The summed E-state index contributed by atoms with van der Waals surface area (Å²) in [5.74, 6) is -2.93.